The van der Waals surface area contributed by atoms with Crippen molar-refractivity contribution >= 4 is 11.8 Å². The van der Waals surface area contributed by atoms with E-state index in [0.717, 1.165) is 12.5 Å². The molecule has 0 heterocycles. The summed E-state index contributed by atoms with van der Waals surface area (Å²) in [5.74, 6) is 3.54. The SMILES string of the molecule is CCCCC(CC)CSCCCN. The van der Waals surface area contributed by atoms with E-state index < -0.39 is 0 Å². The second-order valence-corrected chi connectivity index (χ2v) is 4.78. The molecule has 13 heavy (non-hydrogen) atoms. The molecule has 0 aromatic heterocycles. The molecular weight excluding hydrogens is 178 g/mol. The van der Waals surface area contributed by atoms with Gasteiger partial charge in [-0.25, -0.2) is 0 Å². The Morgan fingerprint density at radius 3 is 2.54 bits per heavy atom. The molecule has 0 aliphatic heterocycles. The van der Waals surface area contributed by atoms with E-state index in [0.29, 0.717) is 0 Å². The molecule has 0 aliphatic carbocycles. The van der Waals surface area contributed by atoms with Crippen LogP contribution in [-0.2, 0) is 0 Å². The summed E-state index contributed by atoms with van der Waals surface area (Å²) in [4.78, 5) is 0. The highest BCUT2D eigenvalue weighted by atomic mass is 32.2. The number of nitrogens with two attached hydrogens (primary N) is 1. The van der Waals surface area contributed by atoms with Crippen molar-refractivity contribution in [3.8, 4) is 0 Å². The minimum absolute atomic E-state index is 0.846. The summed E-state index contributed by atoms with van der Waals surface area (Å²) < 4.78 is 0. The van der Waals surface area contributed by atoms with E-state index in [4.69, 9.17) is 5.73 Å². The summed E-state index contributed by atoms with van der Waals surface area (Å²) in [5, 5.41) is 0. The molecule has 0 rings (SSSR count). The Balaban J connectivity index is 3.25. The summed E-state index contributed by atoms with van der Waals surface area (Å²) in [5.41, 5.74) is 5.44. The van der Waals surface area contributed by atoms with Crippen LogP contribution in [0.4, 0.5) is 0 Å². The third kappa shape index (κ3) is 8.63. The molecule has 0 spiro atoms. The number of thioether (sulfide) groups is 1. The van der Waals surface area contributed by atoms with Gasteiger partial charge < -0.3 is 5.73 Å². The Bertz CT molecular complexity index is 96.1. The smallest absolute Gasteiger partial charge is 0.00392 e. The lowest BCUT2D eigenvalue weighted by atomic mass is 10.0. The molecule has 0 saturated heterocycles. The van der Waals surface area contributed by atoms with Crippen LogP contribution < -0.4 is 5.73 Å². The Kier molecular flexibility index (Phi) is 10.6. The van der Waals surface area contributed by atoms with Gasteiger partial charge in [0.05, 0.1) is 0 Å². The van der Waals surface area contributed by atoms with Crippen molar-refractivity contribution in [2.45, 2.75) is 46.0 Å². The first-order chi connectivity index (χ1) is 6.35. The molecular formula is C11H25NS. The summed E-state index contributed by atoms with van der Waals surface area (Å²) in [6.45, 7) is 5.43. The van der Waals surface area contributed by atoms with Crippen LogP contribution in [-0.4, -0.2) is 18.1 Å². The molecule has 80 valence electrons. The first-order valence-corrected chi connectivity index (χ1v) is 6.78. The molecule has 0 aromatic rings. The van der Waals surface area contributed by atoms with E-state index in [9.17, 15) is 0 Å². The standard InChI is InChI=1S/C11H25NS/c1-3-5-7-11(4-2)10-13-9-6-8-12/h11H,3-10,12H2,1-2H3. The van der Waals surface area contributed by atoms with Crippen molar-refractivity contribution in [1.82, 2.24) is 0 Å². The van der Waals surface area contributed by atoms with Gasteiger partial charge in [-0.05, 0) is 36.8 Å². The molecule has 2 heteroatoms. The van der Waals surface area contributed by atoms with Gasteiger partial charge in [-0.1, -0.05) is 33.1 Å². The number of hydrogen-bond donors (Lipinski definition) is 1. The van der Waals surface area contributed by atoms with Gasteiger partial charge in [-0.3, -0.25) is 0 Å². The predicted molar refractivity (Wildman–Crippen MR) is 64.3 cm³/mol. The highest BCUT2D eigenvalue weighted by Crippen LogP contribution is 2.18. The Hall–Kier alpha value is 0.310. The van der Waals surface area contributed by atoms with Crippen LogP contribution in [0.25, 0.3) is 0 Å². The fourth-order valence-electron chi connectivity index (χ4n) is 1.33. The zero-order valence-corrected chi connectivity index (χ0v) is 10.0. The minimum atomic E-state index is 0.846. The van der Waals surface area contributed by atoms with E-state index in [1.807, 2.05) is 0 Å². The van der Waals surface area contributed by atoms with Crippen LogP contribution in [0.3, 0.4) is 0 Å². The maximum absolute atomic E-state index is 5.44. The van der Waals surface area contributed by atoms with E-state index in [-0.39, 0.29) is 0 Å². The molecule has 1 atom stereocenters. The van der Waals surface area contributed by atoms with Gasteiger partial charge in [0.1, 0.15) is 0 Å². The molecule has 1 unspecified atom stereocenters. The predicted octanol–water partition coefficient (Wildman–Crippen LogP) is 3.28. The van der Waals surface area contributed by atoms with Crippen molar-refractivity contribution in [3.05, 3.63) is 0 Å². The van der Waals surface area contributed by atoms with Gasteiger partial charge in [0, 0.05) is 0 Å². The maximum atomic E-state index is 5.44. The average molecular weight is 203 g/mol. The lowest BCUT2D eigenvalue weighted by molar-refractivity contribution is 0.499. The summed E-state index contributed by atoms with van der Waals surface area (Å²) in [6.07, 6.45) is 6.67. The Morgan fingerprint density at radius 1 is 1.23 bits per heavy atom. The second kappa shape index (κ2) is 10.4. The largest absolute Gasteiger partial charge is 0.330 e. The molecule has 0 radical (unpaired) electrons. The molecule has 1 nitrogen and oxygen atoms in total. The van der Waals surface area contributed by atoms with Crippen LogP contribution in [0.1, 0.15) is 46.0 Å². The molecule has 0 amide bonds. The number of rotatable bonds is 9. The van der Waals surface area contributed by atoms with Gasteiger partial charge >= 0.3 is 0 Å². The number of hydrogen-bond acceptors (Lipinski definition) is 2. The van der Waals surface area contributed by atoms with E-state index in [1.54, 1.807) is 0 Å². The van der Waals surface area contributed by atoms with Gasteiger partial charge in [0.25, 0.3) is 0 Å². The average Bonchev–Trinajstić information content (AvgIpc) is 2.17. The highest BCUT2D eigenvalue weighted by molar-refractivity contribution is 7.99. The van der Waals surface area contributed by atoms with Gasteiger partial charge in [0.15, 0.2) is 0 Å². The Morgan fingerprint density at radius 2 is 2.00 bits per heavy atom. The zero-order valence-electron chi connectivity index (χ0n) is 9.22. The Labute approximate surface area is 87.9 Å². The lowest BCUT2D eigenvalue weighted by Gasteiger charge is -2.13. The van der Waals surface area contributed by atoms with Gasteiger partial charge in [-0.2, -0.15) is 11.8 Å². The molecule has 0 aliphatic rings. The van der Waals surface area contributed by atoms with Crippen molar-refractivity contribution in [2.75, 3.05) is 18.1 Å². The minimum Gasteiger partial charge on any atom is -0.330 e. The van der Waals surface area contributed by atoms with Crippen molar-refractivity contribution in [3.63, 3.8) is 0 Å². The normalized spacial score (nSPS) is 13.2. The molecule has 0 saturated carbocycles. The lowest BCUT2D eigenvalue weighted by Crippen LogP contribution is -2.05. The van der Waals surface area contributed by atoms with Crippen molar-refractivity contribution in [2.24, 2.45) is 11.7 Å². The van der Waals surface area contributed by atoms with Gasteiger partial charge in [0.2, 0.25) is 0 Å². The third-order valence-electron chi connectivity index (χ3n) is 2.39. The van der Waals surface area contributed by atoms with Crippen molar-refractivity contribution < 1.29 is 0 Å². The monoisotopic (exact) mass is 203 g/mol. The van der Waals surface area contributed by atoms with Gasteiger partial charge in [-0.15, -0.1) is 0 Å². The van der Waals surface area contributed by atoms with E-state index in [2.05, 4.69) is 25.6 Å². The fraction of sp³-hybridized carbons (Fsp3) is 1.00. The zero-order chi connectivity index (χ0) is 9.94. The second-order valence-electron chi connectivity index (χ2n) is 3.63. The fourth-order valence-corrected chi connectivity index (χ4v) is 2.61. The molecule has 2 N–H and O–H groups in total. The summed E-state index contributed by atoms with van der Waals surface area (Å²) >= 11 is 2.08. The number of unbranched alkanes of at least 4 members (excludes halogenated alkanes) is 1. The van der Waals surface area contributed by atoms with Crippen LogP contribution in [0.5, 0.6) is 0 Å². The van der Waals surface area contributed by atoms with Crippen LogP contribution >= 0.6 is 11.8 Å². The summed E-state index contributed by atoms with van der Waals surface area (Å²) in [7, 11) is 0. The van der Waals surface area contributed by atoms with Crippen LogP contribution in [0.15, 0.2) is 0 Å². The van der Waals surface area contributed by atoms with Crippen molar-refractivity contribution in [1.29, 1.82) is 0 Å². The van der Waals surface area contributed by atoms with Crippen LogP contribution in [0.2, 0.25) is 0 Å². The van der Waals surface area contributed by atoms with E-state index in [1.165, 1.54) is 43.6 Å². The highest BCUT2D eigenvalue weighted by Gasteiger charge is 2.04. The quantitative estimate of drug-likeness (QED) is 0.582. The van der Waals surface area contributed by atoms with Crippen LogP contribution in [0, 0.1) is 5.92 Å². The first-order valence-electron chi connectivity index (χ1n) is 5.62. The summed E-state index contributed by atoms with van der Waals surface area (Å²) in [6, 6.07) is 0. The molecule has 0 aromatic carbocycles. The topological polar surface area (TPSA) is 26.0 Å². The maximum Gasteiger partial charge on any atom is -0.00392 e. The van der Waals surface area contributed by atoms with E-state index >= 15 is 0 Å². The molecule has 0 fully saturated rings. The molecule has 0 bridgehead atoms. The first kappa shape index (κ1) is 13.3. The third-order valence-corrected chi connectivity index (χ3v) is 3.67.